The number of nitrogens with one attached hydrogen (secondary N) is 1. The van der Waals surface area contributed by atoms with Crippen LogP contribution < -0.4 is 5.32 Å². The molecule has 14 heavy (non-hydrogen) atoms. The van der Waals surface area contributed by atoms with Gasteiger partial charge in [0.1, 0.15) is 0 Å². The summed E-state index contributed by atoms with van der Waals surface area (Å²) in [6.45, 7) is 5.38. The predicted molar refractivity (Wildman–Crippen MR) is 58.3 cm³/mol. The first-order valence-corrected chi connectivity index (χ1v) is 5.57. The molecule has 2 atom stereocenters. The fraction of sp³-hybridized carbons (Fsp3) is 0.727. The predicted octanol–water partition coefficient (Wildman–Crippen LogP) is 2.50. The smallest absolute Gasteiger partial charge is 0.0728 e. The van der Waals surface area contributed by atoms with E-state index < -0.39 is 0 Å². The molecule has 1 saturated carbocycles. The number of aryl methyl sites for hydroxylation is 1. The van der Waals surface area contributed by atoms with Gasteiger partial charge >= 0.3 is 0 Å². The summed E-state index contributed by atoms with van der Waals surface area (Å²) in [7, 11) is 0. The van der Waals surface area contributed by atoms with Gasteiger partial charge in [0.15, 0.2) is 0 Å². The van der Waals surface area contributed by atoms with E-state index in [9.17, 15) is 0 Å². The molecule has 1 aliphatic rings. The Morgan fingerprint density at radius 1 is 1.57 bits per heavy atom. The fourth-order valence-electron chi connectivity index (χ4n) is 2.18. The minimum Gasteiger partial charge on any atom is -0.380 e. The highest BCUT2D eigenvalue weighted by Crippen LogP contribution is 2.27. The maximum absolute atomic E-state index is 4.25. The van der Waals surface area contributed by atoms with Gasteiger partial charge in [-0.1, -0.05) is 6.92 Å². The monoisotopic (exact) mass is 193 g/mol. The van der Waals surface area contributed by atoms with Crippen molar-refractivity contribution in [1.82, 2.24) is 9.78 Å². The molecule has 1 aliphatic carbocycles. The zero-order chi connectivity index (χ0) is 9.97. The standard InChI is InChI=1S/C11H19N3/c1-3-14-8-11(7-12-14)13-10-5-4-9(2)6-10/h7-10,13H,3-6H2,1-2H3/t9-,10+/m0/s1. The second kappa shape index (κ2) is 4.03. The van der Waals surface area contributed by atoms with E-state index >= 15 is 0 Å². The summed E-state index contributed by atoms with van der Waals surface area (Å²) in [4.78, 5) is 0. The van der Waals surface area contributed by atoms with Gasteiger partial charge in [-0.15, -0.1) is 0 Å². The maximum Gasteiger partial charge on any atom is 0.0728 e. The number of aromatic nitrogens is 2. The second-order valence-corrected chi connectivity index (χ2v) is 4.34. The normalized spacial score (nSPS) is 26.7. The second-order valence-electron chi connectivity index (χ2n) is 4.34. The van der Waals surface area contributed by atoms with Crippen LogP contribution in [0.15, 0.2) is 12.4 Å². The Bertz CT molecular complexity index is 292. The summed E-state index contributed by atoms with van der Waals surface area (Å²) in [5.74, 6) is 0.883. The number of anilines is 1. The summed E-state index contributed by atoms with van der Waals surface area (Å²) < 4.78 is 1.96. The van der Waals surface area contributed by atoms with Crippen molar-refractivity contribution in [3.8, 4) is 0 Å². The Balaban J connectivity index is 1.90. The zero-order valence-electron chi connectivity index (χ0n) is 9.03. The lowest BCUT2D eigenvalue weighted by molar-refractivity contribution is 0.602. The first-order valence-electron chi connectivity index (χ1n) is 5.57. The van der Waals surface area contributed by atoms with Crippen LogP contribution in [-0.2, 0) is 6.54 Å². The van der Waals surface area contributed by atoms with Crippen LogP contribution in [-0.4, -0.2) is 15.8 Å². The minimum atomic E-state index is 0.666. The van der Waals surface area contributed by atoms with Crippen LogP contribution in [0.3, 0.4) is 0 Å². The Morgan fingerprint density at radius 2 is 2.43 bits per heavy atom. The molecule has 3 heteroatoms. The van der Waals surface area contributed by atoms with Gasteiger partial charge in [-0.05, 0) is 32.1 Å². The van der Waals surface area contributed by atoms with Gasteiger partial charge in [0.25, 0.3) is 0 Å². The third kappa shape index (κ3) is 2.08. The van der Waals surface area contributed by atoms with E-state index in [0.29, 0.717) is 6.04 Å². The van der Waals surface area contributed by atoms with Crippen molar-refractivity contribution >= 4 is 5.69 Å². The number of nitrogens with zero attached hydrogens (tertiary/aromatic N) is 2. The van der Waals surface area contributed by atoms with Gasteiger partial charge in [-0.2, -0.15) is 5.10 Å². The molecule has 78 valence electrons. The first-order chi connectivity index (χ1) is 6.78. The Kier molecular flexibility index (Phi) is 2.75. The highest BCUT2D eigenvalue weighted by atomic mass is 15.3. The van der Waals surface area contributed by atoms with Crippen LogP contribution in [0.2, 0.25) is 0 Å². The largest absolute Gasteiger partial charge is 0.380 e. The highest BCUT2D eigenvalue weighted by Gasteiger charge is 2.21. The average Bonchev–Trinajstić information content (AvgIpc) is 2.76. The fourth-order valence-corrected chi connectivity index (χ4v) is 2.18. The molecule has 0 spiro atoms. The molecule has 1 fully saturated rings. The highest BCUT2D eigenvalue weighted by molar-refractivity contribution is 5.39. The number of hydrogen-bond donors (Lipinski definition) is 1. The van der Waals surface area contributed by atoms with Crippen molar-refractivity contribution in [3.05, 3.63) is 12.4 Å². The minimum absolute atomic E-state index is 0.666. The maximum atomic E-state index is 4.25. The molecular formula is C11H19N3. The lowest BCUT2D eigenvalue weighted by Crippen LogP contribution is -2.14. The van der Waals surface area contributed by atoms with E-state index in [2.05, 4.69) is 30.5 Å². The summed E-state index contributed by atoms with van der Waals surface area (Å²) in [5, 5.41) is 7.79. The molecule has 0 aromatic carbocycles. The molecular weight excluding hydrogens is 174 g/mol. The first kappa shape index (κ1) is 9.56. The van der Waals surface area contributed by atoms with Crippen molar-refractivity contribution in [2.24, 2.45) is 5.92 Å². The van der Waals surface area contributed by atoms with E-state index in [-0.39, 0.29) is 0 Å². The molecule has 3 nitrogen and oxygen atoms in total. The molecule has 0 aliphatic heterocycles. The van der Waals surface area contributed by atoms with Crippen molar-refractivity contribution < 1.29 is 0 Å². The summed E-state index contributed by atoms with van der Waals surface area (Å²) in [5.41, 5.74) is 1.17. The summed E-state index contributed by atoms with van der Waals surface area (Å²) >= 11 is 0. The summed E-state index contributed by atoms with van der Waals surface area (Å²) in [6.07, 6.45) is 7.98. The number of hydrogen-bond acceptors (Lipinski definition) is 2. The molecule has 2 rings (SSSR count). The van der Waals surface area contributed by atoms with Crippen LogP contribution in [0.1, 0.15) is 33.1 Å². The van der Waals surface area contributed by atoms with Crippen LogP contribution in [0, 0.1) is 5.92 Å². The van der Waals surface area contributed by atoms with E-state index in [4.69, 9.17) is 0 Å². The third-order valence-electron chi connectivity index (χ3n) is 3.02. The molecule has 0 radical (unpaired) electrons. The quantitative estimate of drug-likeness (QED) is 0.799. The van der Waals surface area contributed by atoms with Crippen molar-refractivity contribution in [3.63, 3.8) is 0 Å². The van der Waals surface area contributed by atoms with Gasteiger partial charge < -0.3 is 5.32 Å². The summed E-state index contributed by atoms with van der Waals surface area (Å²) in [6, 6.07) is 0.666. The van der Waals surface area contributed by atoms with Gasteiger partial charge in [-0.25, -0.2) is 0 Å². The van der Waals surface area contributed by atoms with Crippen molar-refractivity contribution in [2.45, 2.75) is 45.7 Å². The third-order valence-corrected chi connectivity index (χ3v) is 3.02. The van der Waals surface area contributed by atoms with Gasteiger partial charge in [0, 0.05) is 18.8 Å². The van der Waals surface area contributed by atoms with Crippen molar-refractivity contribution in [2.75, 3.05) is 5.32 Å². The van der Waals surface area contributed by atoms with Crippen LogP contribution >= 0.6 is 0 Å². The van der Waals surface area contributed by atoms with E-state index in [1.165, 1.54) is 24.9 Å². The van der Waals surface area contributed by atoms with Gasteiger partial charge in [-0.3, -0.25) is 4.68 Å². The lowest BCUT2D eigenvalue weighted by atomic mass is 10.1. The van der Waals surface area contributed by atoms with Crippen LogP contribution in [0.5, 0.6) is 0 Å². The lowest BCUT2D eigenvalue weighted by Gasteiger charge is -2.11. The van der Waals surface area contributed by atoms with Crippen molar-refractivity contribution in [1.29, 1.82) is 0 Å². The number of rotatable bonds is 3. The van der Waals surface area contributed by atoms with E-state index in [1.54, 1.807) is 0 Å². The van der Waals surface area contributed by atoms with Crippen LogP contribution in [0.25, 0.3) is 0 Å². The Labute approximate surface area is 85.5 Å². The SMILES string of the molecule is CCn1cc(N[C@@H]2CC[C@H](C)C2)cn1. The molecule has 1 heterocycles. The van der Waals surface area contributed by atoms with Gasteiger partial charge in [0.2, 0.25) is 0 Å². The Morgan fingerprint density at radius 3 is 3.00 bits per heavy atom. The molecule has 1 aromatic heterocycles. The molecule has 0 amide bonds. The topological polar surface area (TPSA) is 29.9 Å². The van der Waals surface area contributed by atoms with E-state index in [1.807, 2.05) is 10.9 Å². The molecule has 0 unspecified atom stereocenters. The molecule has 1 N–H and O–H groups in total. The molecule has 0 bridgehead atoms. The van der Waals surface area contributed by atoms with Crippen LogP contribution in [0.4, 0.5) is 5.69 Å². The Hall–Kier alpha value is -0.990. The van der Waals surface area contributed by atoms with Gasteiger partial charge in [0.05, 0.1) is 11.9 Å². The molecule has 1 aromatic rings. The van der Waals surface area contributed by atoms with E-state index in [0.717, 1.165) is 12.5 Å². The average molecular weight is 193 g/mol. The zero-order valence-corrected chi connectivity index (χ0v) is 9.03. The molecule has 0 saturated heterocycles.